The molecule has 0 saturated carbocycles. The molecule has 1 aliphatic heterocycles. The number of rotatable bonds is 13. The lowest BCUT2D eigenvalue weighted by Crippen LogP contribution is -2.49. The first kappa shape index (κ1) is 31.6. The van der Waals surface area contributed by atoms with Crippen LogP contribution in [0.25, 0.3) is 10.4 Å². The van der Waals surface area contributed by atoms with E-state index in [1.807, 2.05) is 72.8 Å². The third-order valence-corrected chi connectivity index (χ3v) is 8.16. The van der Waals surface area contributed by atoms with Crippen molar-refractivity contribution >= 4 is 33.4 Å². The maximum Gasteiger partial charge on any atom is 0.252 e. The Bertz CT molecular complexity index is 1710. The Labute approximate surface area is 269 Å². The number of azide groups is 1. The fourth-order valence-electron chi connectivity index (χ4n) is 5.12. The first-order valence-electron chi connectivity index (χ1n) is 14.4. The minimum Gasteiger partial charge on any atom is -0.497 e. The maximum absolute atomic E-state index is 14.5. The number of benzene rings is 4. The molecular formula is C34H32BrN5O5. The molecule has 0 spiro atoms. The molecule has 1 heterocycles. The smallest absolute Gasteiger partial charge is 0.252 e. The van der Waals surface area contributed by atoms with Gasteiger partial charge in [-0.3, -0.25) is 4.79 Å². The zero-order valence-corrected chi connectivity index (χ0v) is 26.2. The van der Waals surface area contributed by atoms with Crippen LogP contribution in [0.4, 0.5) is 5.69 Å². The number of hydrogen-bond donors (Lipinski definition) is 2. The molecule has 0 aliphatic carbocycles. The predicted octanol–water partition coefficient (Wildman–Crippen LogP) is 6.98. The molecule has 1 aliphatic rings. The first-order valence-corrected chi connectivity index (χ1v) is 15.2. The number of aliphatic imine (C=N–C) groups is 1. The lowest BCUT2D eigenvalue weighted by atomic mass is 9.81. The molecular weight excluding hydrogens is 638 g/mol. The van der Waals surface area contributed by atoms with Crippen LogP contribution < -0.4 is 14.8 Å². The van der Waals surface area contributed by atoms with Gasteiger partial charge in [-0.2, -0.15) is 0 Å². The summed E-state index contributed by atoms with van der Waals surface area (Å²) < 4.78 is 18.3. The normalized spacial score (nSPS) is 17.0. The number of ether oxygens (including phenoxy) is 3. The van der Waals surface area contributed by atoms with Crippen LogP contribution in [0.5, 0.6) is 11.5 Å². The number of halogens is 1. The van der Waals surface area contributed by atoms with Crippen LogP contribution in [0.3, 0.4) is 0 Å². The van der Waals surface area contributed by atoms with Crippen LogP contribution in [0, 0.1) is 0 Å². The molecule has 0 radical (unpaired) electrons. The minimum atomic E-state index is -1.48. The van der Waals surface area contributed by atoms with E-state index >= 15 is 0 Å². The van der Waals surface area contributed by atoms with E-state index in [0.717, 1.165) is 15.6 Å². The highest BCUT2D eigenvalue weighted by atomic mass is 79.9. The van der Waals surface area contributed by atoms with E-state index in [4.69, 9.17) is 24.3 Å². The van der Waals surface area contributed by atoms with Crippen molar-refractivity contribution in [2.75, 3.05) is 20.3 Å². The predicted molar refractivity (Wildman–Crippen MR) is 175 cm³/mol. The molecule has 2 atom stereocenters. The second-order valence-electron chi connectivity index (χ2n) is 10.3. The molecule has 0 aromatic heterocycles. The molecule has 11 heteroatoms. The molecule has 0 unspecified atom stereocenters. The number of carbonyl (C=O) groups is 1. The quantitative estimate of drug-likeness (QED) is 0.0685. The van der Waals surface area contributed by atoms with Gasteiger partial charge in [0.2, 0.25) is 5.90 Å². The van der Waals surface area contributed by atoms with E-state index in [-0.39, 0.29) is 25.5 Å². The number of carbonyl (C=O) groups excluding carboxylic acids is 1. The largest absolute Gasteiger partial charge is 0.497 e. The van der Waals surface area contributed by atoms with E-state index in [1.165, 1.54) is 0 Å². The van der Waals surface area contributed by atoms with Crippen molar-refractivity contribution in [2.24, 2.45) is 10.1 Å². The highest BCUT2D eigenvalue weighted by Gasteiger charge is 2.54. The molecule has 1 amide bonds. The fraction of sp³-hybridized carbons (Fsp3) is 0.235. The lowest BCUT2D eigenvalue weighted by Gasteiger charge is -2.31. The van der Waals surface area contributed by atoms with E-state index in [9.17, 15) is 10.3 Å². The van der Waals surface area contributed by atoms with Crippen molar-refractivity contribution in [3.05, 3.63) is 134 Å². The van der Waals surface area contributed by atoms with Crippen LogP contribution >= 0.6 is 15.9 Å². The van der Waals surface area contributed by atoms with Crippen LogP contribution in [0.1, 0.15) is 34.8 Å². The summed E-state index contributed by atoms with van der Waals surface area (Å²) in [7, 11) is 1.60. The zero-order chi connectivity index (χ0) is 31.6. The van der Waals surface area contributed by atoms with E-state index in [1.54, 1.807) is 31.4 Å². The molecule has 2 N–H and O–H groups in total. The Kier molecular flexibility index (Phi) is 10.4. The zero-order valence-electron chi connectivity index (χ0n) is 24.6. The Morgan fingerprint density at radius 3 is 2.47 bits per heavy atom. The summed E-state index contributed by atoms with van der Waals surface area (Å²) in [6, 6.07) is 29.4. The van der Waals surface area contributed by atoms with Gasteiger partial charge in [0.15, 0.2) is 11.6 Å². The molecule has 230 valence electrons. The van der Waals surface area contributed by atoms with Crippen LogP contribution in [-0.2, 0) is 22.5 Å². The van der Waals surface area contributed by atoms with E-state index < -0.39 is 11.6 Å². The monoisotopic (exact) mass is 669 g/mol. The Hall–Kier alpha value is -4.83. The number of nitrogens with one attached hydrogen (secondary N) is 1. The van der Waals surface area contributed by atoms with Crippen LogP contribution in [0.2, 0.25) is 0 Å². The van der Waals surface area contributed by atoms with Gasteiger partial charge >= 0.3 is 0 Å². The van der Waals surface area contributed by atoms with Crippen LogP contribution in [-0.4, -0.2) is 42.8 Å². The number of aliphatic hydroxyl groups is 1. The summed E-state index contributed by atoms with van der Waals surface area (Å²) in [4.78, 5) is 22.6. The molecule has 4 aromatic rings. The molecule has 0 bridgehead atoms. The summed E-state index contributed by atoms with van der Waals surface area (Å²) in [5.41, 5.74) is 11.1. The van der Waals surface area contributed by atoms with Gasteiger partial charge in [-0.05, 0) is 59.1 Å². The Morgan fingerprint density at radius 1 is 1.04 bits per heavy atom. The molecule has 4 aromatic carbocycles. The van der Waals surface area contributed by atoms with E-state index in [2.05, 4.69) is 31.3 Å². The van der Waals surface area contributed by atoms with Crippen LogP contribution in [0.15, 0.2) is 112 Å². The molecule has 0 fully saturated rings. The average molecular weight is 671 g/mol. The second-order valence-corrected chi connectivity index (χ2v) is 11.2. The topological polar surface area (TPSA) is 138 Å². The van der Waals surface area contributed by atoms with Crippen molar-refractivity contribution in [2.45, 2.75) is 31.0 Å². The third-order valence-electron chi connectivity index (χ3n) is 7.43. The third kappa shape index (κ3) is 7.29. The van der Waals surface area contributed by atoms with Gasteiger partial charge in [0.25, 0.3) is 5.91 Å². The first-order chi connectivity index (χ1) is 22.0. The Morgan fingerprint density at radius 2 is 1.76 bits per heavy atom. The number of aliphatic hydroxyl groups excluding tert-OH is 1. The number of hydrogen-bond acceptors (Lipinski definition) is 7. The van der Waals surface area contributed by atoms with Crippen molar-refractivity contribution < 1.29 is 24.1 Å². The standard InChI is InChI=1S/C34H32BrN5O5/c1-43-26-15-11-23(12-16-26)22-37-33(42)34(21-25-7-2-5-10-30(25)39-40-36)31(28-8-3-4-9-29(28)35)45-32(38-34)24-13-17-27(18-14-24)44-20-6-19-41/h2-5,7-18,31,41H,6,19-22H2,1H3,(H,37,42)/t31-,34-/m1/s1. The fourth-order valence-corrected chi connectivity index (χ4v) is 5.61. The molecule has 45 heavy (non-hydrogen) atoms. The number of nitrogens with zero attached hydrogens (tertiary/aromatic N) is 4. The number of amides is 1. The van der Waals surface area contributed by atoms with Gasteiger partial charge in [0.1, 0.15) is 11.5 Å². The van der Waals surface area contributed by atoms with Gasteiger partial charge in [-0.1, -0.05) is 75.6 Å². The lowest BCUT2D eigenvalue weighted by molar-refractivity contribution is -0.129. The molecule has 5 rings (SSSR count). The van der Waals surface area contributed by atoms with Gasteiger partial charge in [-0.15, -0.1) is 0 Å². The molecule has 0 saturated heterocycles. The van der Waals surface area contributed by atoms with Gasteiger partial charge in [-0.25, -0.2) is 4.99 Å². The highest BCUT2D eigenvalue weighted by molar-refractivity contribution is 9.10. The summed E-state index contributed by atoms with van der Waals surface area (Å²) in [6.07, 6.45) is -0.218. The van der Waals surface area contributed by atoms with E-state index in [0.29, 0.717) is 47.2 Å². The summed E-state index contributed by atoms with van der Waals surface area (Å²) in [5, 5.41) is 16.0. The summed E-state index contributed by atoms with van der Waals surface area (Å²) in [6.45, 7) is 0.681. The van der Waals surface area contributed by atoms with Crippen molar-refractivity contribution in [1.29, 1.82) is 0 Å². The SMILES string of the molecule is COc1ccc(CNC(=O)[C@]2(Cc3ccccc3N=[N+]=[N-])N=C(c3ccc(OCCCO)cc3)O[C@@H]2c2ccccc2Br)cc1. The number of methoxy groups -OCH3 is 1. The van der Waals surface area contributed by atoms with Gasteiger partial charge in [0, 0.05) is 52.2 Å². The summed E-state index contributed by atoms with van der Waals surface area (Å²) >= 11 is 3.66. The highest BCUT2D eigenvalue weighted by Crippen LogP contribution is 2.45. The maximum atomic E-state index is 14.5. The van der Waals surface area contributed by atoms with Crippen molar-refractivity contribution in [3.8, 4) is 11.5 Å². The average Bonchev–Trinajstić information content (AvgIpc) is 3.45. The van der Waals surface area contributed by atoms with Crippen molar-refractivity contribution in [3.63, 3.8) is 0 Å². The second kappa shape index (κ2) is 14.8. The Balaban J connectivity index is 1.59. The van der Waals surface area contributed by atoms with Gasteiger partial charge in [0.05, 0.1) is 13.7 Å². The molecule has 10 nitrogen and oxygen atoms in total. The van der Waals surface area contributed by atoms with Crippen molar-refractivity contribution in [1.82, 2.24) is 5.32 Å². The minimum absolute atomic E-state index is 0.0462. The van der Waals surface area contributed by atoms with Gasteiger partial charge < -0.3 is 24.6 Å². The summed E-state index contributed by atoms with van der Waals surface area (Å²) in [5.74, 6) is 1.29.